The number of amides is 1. The zero-order valence-electron chi connectivity index (χ0n) is 9.94. The molecule has 8 heteroatoms. The molecule has 1 aliphatic rings. The Labute approximate surface area is 109 Å². The van der Waals surface area contributed by atoms with E-state index in [-0.39, 0.29) is 23.2 Å². The number of aromatic nitrogens is 3. The second kappa shape index (κ2) is 5.81. The molecule has 1 aliphatic heterocycles. The molecule has 18 heavy (non-hydrogen) atoms. The highest BCUT2D eigenvalue weighted by Crippen LogP contribution is 2.12. The monoisotopic (exact) mass is 271 g/mol. The summed E-state index contributed by atoms with van der Waals surface area (Å²) in [6.45, 7) is 2.84. The maximum Gasteiger partial charge on any atom is 0.322 e. The average molecular weight is 272 g/mol. The van der Waals surface area contributed by atoms with Crippen LogP contribution in [0.1, 0.15) is 19.8 Å². The molecule has 2 heterocycles. The van der Waals surface area contributed by atoms with Gasteiger partial charge >= 0.3 is 6.01 Å². The number of hydrogen-bond acceptors (Lipinski definition) is 6. The standard InChI is InChI=1S/C10H14ClN5O2/c1-2-18-10-15-8(11)14-9(16-10)12-5-6-3-4-7(17)13-6/h6H,2-5H2,1H3,(H,13,17)(H,12,14,15,16). The summed E-state index contributed by atoms with van der Waals surface area (Å²) in [5.41, 5.74) is 0. The quantitative estimate of drug-likeness (QED) is 0.816. The van der Waals surface area contributed by atoms with Crippen molar-refractivity contribution in [3.8, 4) is 6.01 Å². The number of hydrogen-bond donors (Lipinski definition) is 2. The predicted octanol–water partition coefficient (Wildman–Crippen LogP) is 0.614. The summed E-state index contributed by atoms with van der Waals surface area (Å²) in [5.74, 6) is 0.421. The molecule has 0 aliphatic carbocycles. The number of nitrogens with zero attached hydrogens (tertiary/aromatic N) is 3. The lowest BCUT2D eigenvalue weighted by Gasteiger charge is -2.11. The van der Waals surface area contributed by atoms with Crippen LogP contribution in [-0.2, 0) is 4.79 Å². The highest BCUT2D eigenvalue weighted by molar-refractivity contribution is 6.28. The molecule has 98 valence electrons. The minimum absolute atomic E-state index is 0.0745. The van der Waals surface area contributed by atoms with Gasteiger partial charge in [-0.1, -0.05) is 0 Å². The van der Waals surface area contributed by atoms with Crippen LogP contribution in [0.5, 0.6) is 6.01 Å². The normalized spacial score (nSPS) is 18.6. The first kappa shape index (κ1) is 12.8. The molecule has 1 aromatic rings. The third-order valence-electron chi connectivity index (χ3n) is 2.45. The first-order valence-electron chi connectivity index (χ1n) is 5.75. The first-order valence-corrected chi connectivity index (χ1v) is 6.12. The van der Waals surface area contributed by atoms with Crippen LogP contribution in [0.2, 0.25) is 5.28 Å². The van der Waals surface area contributed by atoms with Gasteiger partial charge in [0.1, 0.15) is 0 Å². The Bertz CT molecular complexity index is 442. The summed E-state index contributed by atoms with van der Waals surface area (Å²) >= 11 is 5.75. The van der Waals surface area contributed by atoms with E-state index in [1.807, 2.05) is 6.92 Å². The molecule has 0 radical (unpaired) electrons. The predicted molar refractivity (Wildman–Crippen MR) is 65.7 cm³/mol. The van der Waals surface area contributed by atoms with E-state index < -0.39 is 0 Å². The molecular weight excluding hydrogens is 258 g/mol. The number of rotatable bonds is 5. The molecule has 7 nitrogen and oxygen atoms in total. The van der Waals surface area contributed by atoms with Crippen molar-refractivity contribution < 1.29 is 9.53 Å². The van der Waals surface area contributed by atoms with Crippen molar-refractivity contribution in [1.29, 1.82) is 0 Å². The van der Waals surface area contributed by atoms with Crippen molar-refractivity contribution in [2.75, 3.05) is 18.5 Å². The molecule has 1 atom stereocenters. The highest BCUT2D eigenvalue weighted by Gasteiger charge is 2.20. The fourth-order valence-corrected chi connectivity index (χ4v) is 1.80. The van der Waals surface area contributed by atoms with Crippen LogP contribution in [0, 0.1) is 0 Å². The van der Waals surface area contributed by atoms with E-state index in [9.17, 15) is 4.79 Å². The van der Waals surface area contributed by atoms with Crippen LogP contribution in [0.25, 0.3) is 0 Å². The van der Waals surface area contributed by atoms with Gasteiger partial charge in [0.05, 0.1) is 6.61 Å². The summed E-state index contributed by atoms with van der Waals surface area (Å²) in [7, 11) is 0. The highest BCUT2D eigenvalue weighted by atomic mass is 35.5. The Morgan fingerprint density at radius 1 is 1.50 bits per heavy atom. The molecule has 0 aromatic carbocycles. The number of ether oxygens (including phenoxy) is 1. The average Bonchev–Trinajstić information content (AvgIpc) is 2.72. The summed E-state index contributed by atoms with van der Waals surface area (Å²) in [4.78, 5) is 22.8. The van der Waals surface area contributed by atoms with Crippen molar-refractivity contribution in [3.63, 3.8) is 0 Å². The van der Waals surface area contributed by atoms with Crippen LogP contribution in [0.15, 0.2) is 0 Å². The Hall–Kier alpha value is -1.63. The summed E-state index contributed by atoms with van der Waals surface area (Å²) in [6.07, 6.45) is 1.37. The van der Waals surface area contributed by atoms with E-state index in [1.54, 1.807) is 0 Å². The lowest BCUT2D eigenvalue weighted by Crippen LogP contribution is -2.32. The fraction of sp³-hybridized carbons (Fsp3) is 0.600. The second-order valence-corrected chi connectivity index (χ2v) is 4.17. The third-order valence-corrected chi connectivity index (χ3v) is 2.62. The summed E-state index contributed by atoms with van der Waals surface area (Å²) < 4.78 is 5.16. The van der Waals surface area contributed by atoms with E-state index in [2.05, 4.69) is 25.6 Å². The molecule has 1 unspecified atom stereocenters. The Morgan fingerprint density at radius 2 is 2.33 bits per heavy atom. The number of carbonyl (C=O) groups excluding carboxylic acids is 1. The SMILES string of the molecule is CCOc1nc(Cl)nc(NCC2CCC(=O)N2)n1. The van der Waals surface area contributed by atoms with E-state index in [1.165, 1.54) is 0 Å². The van der Waals surface area contributed by atoms with Crippen molar-refractivity contribution in [2.24, 2.45) is 0 Å². The van der Waals surface area contributed by atoms with Gasteiger partial charge in [-0.05, 0) is 24.9 Å². The van der Waals surface area contributed by atoms with Gasteiger partial charge in [0, 0.05) is 19.0 Å². The third kappa shape index (κ3) is 3.43. The lowest BCUT2D eigenvalue weighted by molar-refractivity contribution is -0.119. The summed E-state index contributed by atoms with van der Waals surface area (Å²) in [6, 6.07) is 0.291. The lowest BCUT2D eigenvalue weighted by atomic mass is 10.2. The van der Waals surface area contributed by atoms with Crippen molar-refractivity contribution in [2.45, 2.75) is 25.8 Å². The first-order chi connectivity index (χ1) is 8.67. The van der Waals surface area contributed by atoms with Gasteiger partial charge in [-0.3, -0.25) is 4.79 Å². The largest absolute Gasteiger partial charge is 0.464 e. The van der Waals surface area contributed by atoms with Crippen molar-refractivity contribution in [1.82, 2.24) is 20.3 Å². The van der Waals surface area contributed by atoms with Gasteiger partial charge in [-0.15, -0.1) is 0 Å². The Balaban J connectivity index is 1.94. The minimum atomic E-state index is 0.0745. The smallest absolute Gasteiger partial charge is 0.322 e. The molecule has 1 aromatic heterocycles. The molecule has 0 spiro atoms. The van der Waals surface area contributed by atoms with Gasteiger partial charge in [-0.2, -0.15) is 15.0 Å². The van der Waals surface area contributed by atoms with Crippen LogP contribution in [-0.4, -0.2) is 40.1 Å². The second-order valence-electron chi connectivity index (χ2n) is 3.83. The zero-order valence-corrected chi connectivity index (χ0v) is 10.7. The van der Waals surface area contributed by atoms with Crippen LogP contribution in [0.4, 0.5) is 5.95 Å². The molecule has 1 fully saturated rings. The van der Waals surface area contributed by atoms with Crippen molar-refractivity contribution >= 4 is 23.5 Å². The molecular formula is C10H14ClN5O2. The van der Waals surface area contributed by atoms with Gasteiger partial charge < -0.3 is 15.4 Å². The maximum atomic E-state index is 11.0. The fourth-order valence-electron chi connectivity index (χ4n) is 1.65. The molecule has 0 bridgehead atoms. The van der Waals surface area contributed by atoms with E-state index in [0.717, 1.165) is 6.42 Å². The van der Waals surface area contributed by atoms with Crippen LogP contribution >= 0.6 is 11.6 Å². The molecule has 0 saturated carbocycles. The minimum Gasteiger partial charge on any atom is -0.464 e. The topological polar surface area (TPSA) is 89.0 Å². The van der Waals surface area contributed by atoms with Gasteiger partial charge in [0.15, 0.2) is 0 Å². The summed E-state index contributed by atoms with van der Waals surface area (Å²) in [5, 5.41) is 5.92. The number of halogens is 1. The van der Waals surface area contributed by atoms with Crippen molar-refractivity contribution in [3.05, 3.63) is 5.28 Å². The molecule has 2 rings (SSSR count). The van der Waals surface area contributed by atoms with Gasteiger partial charge in [0.25, 0.3) is 0 Å². The van der Waals surface area contributed by atoms with E-state index >= 15 is 0 Å². The number of nitrogens with one attached hydrogen (secondary N) is 2. The Morgan fingerprint density at radius 3 is 3.00 bits per heavy atom. The van der Waals surface area contributed by atoms with Crippen LogP contribution in [0.3, 0.4) is 0 Å². The zero-order chi connectivity index (χ0) is 13.0. The molecule has 2 N–H and O–H groups in total. The van der Waals surface area contributed by atoms with Gasteiger partial charge in [0.2, 0.25) is 17.1 Å². The number of carbonyl (C=O) groups is 1. The molecule has 1 amide bonds. The van der Waals surface area contributed by atoms with E-state index in [4.69, 9.17) is 16.3 Å². The molecule has 1 saturated heterocycles. The number of anilines is 1. The maximum absolute atomic E-state index is 11.0. The van der Waals surface area contributed by atoms with Crippen LogP contribution < -0.4 is 15.4 Å². The van der Waals surface area contributed by atoms with E-state index in [0.29, 0.717) is 25.5 Å². The van der Waals surface area contributed by atoms with Gasteiger partial charge in [-0.25, -0.2) is 0 Å². The Kier molecular flexibility index (Phi) is 4.14.